The van der Waals surface area contributed by atoms with Crippen molar-refractivity contribution in [2.24, 2.45) is 5.92 Å². The second-order valence-corrected chi connectivity index (χ2v) is 6.18. The van der Waals surface area contributed by atoms with Crippen LogP contribution in [0.15, 0.2) is 29.2 Å². The van der Waals surface area contributed by atoms with Crippen molar-refractivity contribution in [3.8, 4) is 0 Å². The van der Waals surface area contributed by atoms with Crippen molar-refractivity contribution in [3.63, 3.8) is 0 Å². The number of aliphatic hydroxyl groups is 1. The molecule has 0 radical (unpaired) electrons. The first-order valence-electron chi connectivity index (χ1n) is 6.48. The summed E-state index contributed by atoms with van der Waals surface area (Å²) in [5.41, 5.74) is 1.41. The molecule has 17 heavy (non-hydrogen) atoms. The Morgan fingerprint density at radius 2 is 2.12 bits per heavy atom. The van der Waals surface area contributed by atoms with Crippen molar-refractivity contribution >= 4 is 11.8 Å². The minimum atomic E-state index is -0.142. The minimum Gasteiger partial charge on any atom is -0.392 e. The van der Waals surface area contributed by atoms with E-state index in [-0.39, 0.29) is 6.10 Å². The second-order valence-electron chi connectivity index (χ2n) is 5.04. The van der Waals surface area contributed by atoms with Crippen LogP contribution in [0.5, 0.6) is 0 Å². The molecule has 2 nitrogen and oxygen atoms in total. The Labute approximate surface area is 107 Å². The summed E-state index contributed by atoms with van der Waals surface area (Å²) < 4.78 is 0. The van der Waals surface area contributed by atoms with E-state index >= 15 is 0 Å². The molecule has 1 aliphatic carbocycles. The van der Waals surface area contributed by atoms with E-state index in [4.69, 9.17) is 0 Å². The first-order chi connectivity index (χ1) is 8.34. The summed E-state index contributed by atoms with van der Waals surface area (Å²) in [5.74, 6) is 1.74. The minimum absolute atomic E-state index is 0.142. The average molecular weight is 249 g/mol. The molecule has 2 unspecified atom stereocenters. The zero-order chi connectivity index (χ0) is 11.7. The van der Waals surface area contributed by atoms with Gasteiger partial charge in [-0.25, -0.2) is 0 Å². The molecule has 1 aromatic rings. The van der Waals surface area contributed by atoms with Gasteiger partial charge in [-0.3, -0.25) is 0 Å². The molecule has 1 saturated carbocycles. The third kappa shape index (κ3) is 2.67. The molecule has 1 heterocycles. The molecule has 92 valence electrons. The molecular formula is C14H19NOS. The van der Waals surface area contributed by atoms with Crippen LogP contribution in [-0.2, 0) is 0 Å². The molecule has 2 N–H and O–H groups in total. The van der Waals surface area contributed by atoms with E-state index in [1.807, 2.05) is 11.8 Å². The Morgan fingerprint density at radius 3 is 2.94 bits per heavy atom. The number of rotatable bonds is 4. The van der Waals surface area contributed by atoms with Crippen LogP contribution in [-0.4, -0.2) is 23.5 Å². The summed E-state index contributed by atoms with van der Waals surface area (Å²) in [6, 6.07) is 9.05. The summed E-state index contributed by atoms with van der Waals surface area (Å²) in [6.07, 6.45) is 3.44. The highest BCUT2D eigenvalue weighted by Gasteiger charge is 2.30. The maximum atomic E-state index is 9.90. The molecular weight excluding hydrogens is 230 g/mol. The number of benzene rings is 1. The number of hydrogen-bond donors (Lipinski definition) is 2. The topological polar surface area (TPSA) is 32.3 Å². The van der Waals surface area contributed by atoms with Crippen molar-refractivity contribution in [3.05, 3.63) is 29.8 Å². The maximum absolute atomic E-state index is 9.90. The molecule has 3 heteroatoms. The van der Waals surface area contributed by atoms with Crippen LogP contribution in [0.2, 0.25) is 0 Å². The molecule has 1 fully saturated rings. The smallest absolute Gasteiger partial charge is 0.0692 e. The van der Waals surface area contributed by atoms with Crippen molar-refractivity contribution in [1.82, 2.24) is 5.32 Å². The van der Waals surface area contributed by atoms with Crippen LogP contribution in [0.25, 0.3) is 0 Å². The predicted octanol–water partition coefficient (Wildman–Crippen LogP) is 2.58. The monoisotopic (exact) mass is 249 g/mol. The Hall–Kier alpha value is -0.510. The lowest BCUT2D eigenvalue weighted by atomic mass is 10.0. The lowest BCUT2D eigenvalue weighted by molar-refractivity contribution is 0.144. The molecule has 3 rings (SSSR count). The quantitative estimate of drug-likeness (QED) is 0.860. The van der Waals surface area contributed by atoms with Gasteiger partial charge in [0.2, 0.25) is 0 Å². The summed E-state index contributed by atoms with van der Waals surface area (Å²) in [6.45, 7) is 0.744. The van der Waals surface area contributed by atoms with Crippen molar-refractivity contribution in [2.75, 3.05) is 12.3 Å². The number of thioether (sulfide) groups is 1. The lowest BCUT2D eigenvalue weighted by Crippen LogP contribution is -2.33. The number of fused-ring (bicyclic) bond motifs is 1. The first-order valence-corrected chi connectivity index (χ1v) is 7.46. The van der Waals surface area contributed by atoms with Crippen LogP contribution in [0.3, 0.4) is 0 Å². The van der Waals surface area contributed by atoms with Crippen LogP contribution in [0.4, 0.5) is 0 Å². The highest BCUT2D eigenvalue weighted by atomic mass is 32.2. The van der Waals surface area contributed by atoms with Gasteiger partial charge >= 0.3 is 0 Å². The fourth-order valence-electron chi connectivity index (χ4n) is 2.46. The molecule has 0 saturated heterocycles. The molecule has 0 spiro atoms. The first kappa shape index (κ1) is 11.6. The van der Waals surface area contributed by atoms with Gasteiger partial charge in [-0.05, 0) is 42.6 Å². The Bertz CT molecular complexity index is 392. The summed E-state index contributed by atoms with van der Waals surface area (Å²) in [5, 5.41) is 13.4. The van der Waals surface area contributed by atoms with Crippen molar-refractivity contribution in [2.45, 2.75) is 36.3 Å². The van der Waals surface area contributed by atoms with Crippen LogP contribution < -0.4 is 5.32 Å². The van der Waals surface area contributed by atoms with Crippen LogP contribution in [0.1, 0.15) is 30.9 Å². The van der Waals surface area contributed by atoms with Gasteiger partial charge in [0.05, 0.1) is 6.10 Å². The normalized spacial score (nSPS) is 25.4. The predicted molar refractivity (Wildman–Crippen MR) is 71.3 cm³/mol. The molecule has 1 aliphatic heterocycles. The van der Waals surface area contributed by atoms with E-state index in [0.717, 1.165) is 6.54 Å². The zero-order valence-corrected chi connectivity index (χ0v) is 10.7. The standard InChI is InChI=1S/C14H19NOS/c16-13(10-5-6-10)9-15-12-7-8-17-14-4-2-1-3-11(12)14/h1-4,10,12-13,15-16H,5-9H2. The van der Waals surface area contributed by atoms with E-state index in [9.17, 15) is 5.11 Å². The fourth-order valence-corrected chi connectivity index (χ4v) is 3.59. The van der Waals surface area contributed by atoms with Gasteiger partial charge < -0.3 is 10.4 Å². The van der Waals surface area contributed by atoms with Crippen LogP contribution in [0, 0.1) is 5.92 Å². The molecule has 0 aromatic heterocycles. The average Bonchev–Trinajstić information content (AvgIpc) is 3.20. The molecule has 1 aromatic carbocycles. The van der Waals surface area contributed by atoms with E-state index in [1.165, 1.54) is 35.5 Å². The highest BCUT2D eigenvalue weighted by Crippen LogP contribution is 2.36. The van der Waals surface area contributed by atoms with Gasteiger partial charge in [-0.2, -0.15) is 0 Å². The van der Waals surface area contributed by atoms with Gasteiger partial charge in [0.25, 0.3) is 0 Å². The second kappa shape index (κ2) is 5.01. The van der Waals surface area contributed by atoms with Crippen molar-refractivity contribution in [1.29, 1.82) is 0 Å². The Balaban J connectivity index is 1.63. The summed E-state index contributed by atoms with van der Waals surface area (Å²) in [7, 11) is 0. The van der Waals surface area contributed by atoms with Gasteiger partial charge in [0.1, 0.15) is 0 Å². The molecule has 0 amide bonds. The fraction of sp³-hybridized carbons (Fsp3) is 0.571. The summed E-state index contributed by atoms with van der Waals surface area (Å²) in [4.78, 5) is 1.40. The number of hydrogen-bond acceptors (Lipinski definition) is 3. The molecule has 2 aliphatic rings. The van der Waals surface area contributed by atoms with Gasteiger partial charge in [-0.15, -0.1) is 11.8 Å². The third-order valence-corrected chi connectivity index (χ3v) is 4.82. The van der Waals surface area contributed by atoms with E-state index < -0.39 is 0 Å². The largest absolute Gasteiger partial charge is 0.392 e. The lowest BCUT2D eigenvalue weighted by Gasteiger charge is -2.27. The molecule has 2 atom stereocenters. The SMILES string of the molecule is OC(CNC1CCSc2ccccc21)C1CC1. The number of nitrogens with one attached hydrogen (secondary N) is 1. The molecule has 0 bridgehead atoms. The van der Waals surface area contributed by atoms with Gasteiger partial charge in [0.15, 0.2) is 0 Å². The summed E-state index contributed by atoms with van der Waals surface area (Å²) >= 11 is 1.94. The van der Waals surface area contributed by atoms with Crippen molar-refractivity contribution < 1.29 is 5.11 Å². The Morgan fingerprint density at radius 1 is 1.29 bits per heavy atom. The Kier molecular flexibility index (Phi) is 3.41. The van der Waals surface area contributed by atoms with Gasteiger partial charge in [0, 0.05) is 17.5 Å². The van der Waals surface area contributed by atoms with E-state index in [1.54, 1.807) is 0 Å². The third-order valence-electron chi connectivity index (χ3n) is 3.70. The van der Waals surface area contributed by atoms with E-state index in [2.05, 4.69) is 29.6 Å². The van der Waals surface area contributed by atoms with Gasteiger partial charge in [-0.1, -0.05) is 18.2 Å². The maximum Gasteiger partial charge on any atom is 0.0692 e. The number of aliphatic hydroxyl groups excluding tert-OH is 1. The van der Waals surface area contributed by atoms with E-state index in [0.29, 0.717) is 12.0 Å². The zero-order valence-electron chi connectivity index (χ0n) is 9.93. The van der Waals surface area contributed by atoms with Crippen LogP contribution >= 0.6 is 11.8 Å². The highest BCUT2D eigenvalue weighted by molar-refractivity contribution is 7.99.